The van der Waals surface area contributed by atoms with Crippen LogP contribution in [-0.4, -0.2) is 23.2 Å². The van der Waals surface area contributed by atoms with Gasteiger partial charge in [-0.3, -0.25) is 14.9 Å². The van der Waals surface area contributed by atoms with Crippen LogP contribution in [0.15, 0.2) is 52.5 Å². The Balaban J connectivity index is 1.46. The Bertz CT molecular complexity index is 969. The fourth-order valence-electron chi connectivity index (χ4n) is 2.25. The Hall–Kier alpha value is -3.34. The molecule has 3 rings (SSSR count). The molecule has 7 nitrogen and oxygen atoms in total. The molecule has 1 aromatic carbocycles. The number of rotatable bonds is 7. The zero-order valence-corrected chi connectivity index (χ0v) is 15.5. The number of furan rings is 1. The lowest BCUT2D eigenvalue weighted by Crippen LogP contribution is -2.17. The molecule has 0 fully saturated rings. The number of halogens is 3. The number of ether oxygens (including phenoxy) is 1. The highest BCUT2D eigenvalue weighted by molar-refractivity contribution is 7.13. The van der Waals surface area contributed by atoms with Gasteiger partial charge in [0.2, 0.25) is 5.91 Å². The molecule has 0 bridgehead atoms. The fraction of sp³-hybridized carbons (Fsp3) is 0.167. The predicted octanol–water partition coefficient (Wildman–Crippen LogP) is 4.46. The van der Waals surface area contributed by atoms with E-state index in [0.29, 0.717) is 22.9 Å². The van der Waals surface area contributed by atoms with E-state index in [9.17, 15) is 22.8 Å². The Morgan fingerprint density at radius 1 is 1.14 bits per heavy atom. The number of aryl methyl sites for hydroxylation is 1. The third kappa shape index (κ3) is 6.35. The summed E-state index contributed by atoms with van der Waals surface area (Å²) >= 11 is 1.21. The van der Waals surface area contributed by atoms with Gasteiger partial charge in [0.15, 0.2) is 10.9 Å². The normalized spacial score (nSPS) is 11.1. The molecule has 2 amide bonds. The van der Waals surface area contributed by atoms with Crippen LogP contribution in [-0.2, 0) is 11.2 Å². The SMILES string of the molecule is O=C(CCc1csc(NC(=O)c2ccco2)n1)Nc1ccc(OC(F)(F)F)cc1. The highest BCUT2D eigenvalue weighted by Crippen LogP contribution is 2.24. The molecule has 0 aliphatic heterocycles. The van der Waals surface area contributed by atoms with Crippen molar-refractivity contribution in [3.05, 3.63) is 59.5 Å². The van der Waals surface area contributed by atoms with Gasteiger partial charge < -0.3 is 14.5 Å². The number of hydrogen-bond acceptors (Lipinski definition) is 6. The van der Waals surface area contributed by atoms with E-state index in [1.807, 2.05) is 0 Å². The number of nitrogens with zero attached hydrogens (tertiary/aromatic N) is 1. The van der Waals surface area contributed by atoms with Crippen molar-refractivity contribution in [2.75, 3.05) is 10.6 Å². The van der Waals surface area contributed by atoms with Gasteiger partial charge in [-0.2, -0.15) is 0 Å². The summed E-state index contributed by atoms with van der Waals surface area (Å²) in [4.78, 5) is 28.1. The number of carbonyl (C=O) groups is 2. The van der Waals surface area contributed by atoms with Crippen LogP contribution in [0.25, 0.3) is 0 Å². The predicted molar refractivity (Wildman–Crippen MR) is 98.9 cm³/mol. The molecule has 0 spiro atoms. The highest BCUT2D eigenvalue weighted by atomic mass is 32.1. The monoisotopic (exact) mass is 425 g/mol. The molecule has 29 heavy (non-hydrogen) atoms. The number of nitrogens with one attached hydrogen (secondary N) is 2. The van der Waals surface area contributed by atoms with Crippen LogP contribution in [0.5, 0.6) is 5.75 Å². The molecular formula is C18H14F3N3O4S. The zero-order valence-electron chi connectivity index (χ0n) is 14.7. The second kappa shape index (κ2) is 8.78. The van der Waals surface area contributed by atoms with Gasteiger partial charge in [-0.25, -0.2) is 4.98 Å². The molecule has 0 aliphatic rings. The molecule has 11 heteroatoms. The third-order valence-electron chi connectivity index (χ3n) is 3.50. The van der Waals surface area contributed by atoms with Crippen molar-refractivity contribution in [3.8, 4) is 5.75 Å². The van der Waals surface area contributed by atoms with Gasteiger partial charge in [-0.1, -0.05) is 0 Å². The smallest absolute Gasteiger partial charge is 0.459 e. The largest absolute Gasteiger partial charge is 0.573 e. The van der Waals surface area contributed by atoms with Gasteiger partial charge in [0.25, 0.3) is 5.91 Å². The van der Waals surface area contributed by atoms with E-state index in [1.165, 1.54) is 35.8 Å². The van der Waals surface area contributed by atoms with Gasteiger partial charge in [0, 0.05) is 17.5 Å². The van der Waals surface area contributed by atoms with Crippen molar-refractivity contribution >= 4 is 34.0 Å². The van der Waals surface area contributed by atoms with E-state index in [2.05, 4.69) is 20.4 Å². The maximum absolute atomic E-state index is 12.1. The van der Waals surface area contributed by atoms with E-state index < -0.39 is 12.3 Å². The average Bonchev–Trinajstić information content (AvgIpc) is 3.32. The summed E-state index contributed by atoms with van der Waals surface area (Å²) in [5.74, 6) is -0.967. The lowest BCUT2D eigenvalue weighted by Gasteiger charge is -2.09. The molecule has 0 aliphatic carbocycles. The Kier molecular flexibility index (Phi) is 6.17. The van der Waals surface area contributed by atoms with Crippen molar-refractivity contribution in [1.82, 2.24) is 4.98 Å². The quantitative estimate of drug-likeness (QED) is 0.583. The number of anilines is 2. The molecule has 0 unspecified atom stereocenters. The standard InChI is InChI=1S/C18H14F3N3O4S/c19-18(20,21)28-13-6-3-11(4-7-13)22-15(25)8-5-12-10-29-17(23-12)24-16(26)14-2-1-9-27-14/h1-4,6-7,9-10H,5,8H2,(H,22,25)(H,23,24,26). The minimum absolute atomic E-state index is 0.107. The van der Waals surface area contributed by atoms with Crippen LogP contribution < -0.4 is 15.4 Å². The molecule has 3 aromatic rings. The number of amides is 2. The maximum atomic E-state index is 12.1. The van der Waals surface area contributed by atoms with E-state index in [0.717, 1.165) is 12.1 Å². The van der Waals surface area contributed by atoms with Gasteiger partial charge in [0.1, 0.15) is 5.75 Å². The Morgan fingerprint density at radius 3 is 2.55 bits per heavy atom. The fourth-order valence-corrected chi connectivity index (χ4v) is 2.99. The van der Waals surface area contributed by atoms with E-state index in [4.69, 9.17) is 4.42 Å². The molecule has 2 N–H and O–H groups in total. The minimum atomic E-state index is -4.77. The van der Waals surface area contributed by atoms with Crippen LogP contribution in [0.2, 0.25) is 0 Å². The molecule has 0 atom stereocenters. The topological polar surface area (TPSA) is 93.5 Å². The van der Waals surface area contributed by atoms with Crippen LogP contribution >= 0.6 is 11.3 Å². The average molecular weight is 425 g/mol. The summed E-state index contributed by atoms with van der Waals surface area (Å²) in [5.41, 5.74) is 0.961. The van der Waals surface area contributed by atoms with Gasteiger partial charge in [0.05, 0.1) is 12.0 Å². The first-order valence-corrected chi connectivity index (χ1v) is 9.11. The summed E-state index contributed by atoms with van der Waals surface area (Å²) in [6.45, 7) is 0. The van der Waals surface area contributed by atoms with E-state index in [1.54, 1.807) is 11.4 Å². The number of benzene rings is 1. The summed E-state index contributed by atoms with van der Waals surface area (Å²) in [6, 6.07) is 7.96. The van der Waals surface area contributed by atoms with Crippen LogP contribution in [0.3, 0.4) is 0 Å². The lowest BCUT2D eigenvalue weighted by atomic mass is 10.2. The lowest BCUT2D eigenvalue weighted by molar-refractivity contribution is -0.274. The Morgan fingerprint density at radius 2 is 1.90 bits per heavy atom. The number of thiazole rings is 1. The second-order valence-corrected chi connectivity index (χ2v) is 6.55. The molecule has 2 heterocycles. The minimum Gasteiger partial charge on any atom is -0.459 e. The summed E-state index contributed by atoms with van der Waals surface area (Å²) in [5, 5.41) is 7.27. The number of carbonyl (C=O) groups excluding carboxylic acids is 2. The van der Waals surface area contributed by atoms with Gasteiger partial charge in [-0.05, 0) is 42.8 Å². The van der Waals surface area contributed by atoms with Crippen LogP contribution in [0, 0.1) is 0 Å². The van der Waals surface area contributed by atoms with Crippen molar-refractivity contribution < 1.29 is 31.9 Å². The molecule has 152 valence electrons. The maximum Gasteiger partial charge on any atom is 0.573 e. The molecule has 0 saturated carbocycles. The molecule has 0 saturated heterocycles. The van der Waals surface area contributed by atoms with Crippen LogP contribution in [0.1, 0.15) is 22.7 Å². The molecule has 0 radical (unpaired) electrons. The first-order chi connectivity index (χ1) is 13.8. The van der Waals surface area contributed by atoms with Gasteiger partial charge >= 0.3 is 6.36 Å². The van der Waals surface area contributed by atoms with Gasteiger partial charge in [-0.15, -0.1) is 24.5 Å². The Labute approximate surface area is 166 Å². The summed E-state index contributed by atoms with van der Waals surface area (Å²) in [7, 11) is 0. The highest BCUT2D eigenvalue weighted by Gasteiger charge is 2.30. The first-order valence-electron chi connectivity index (χ1n) is 8.23. The van der Waals surface area contributed by atoms with Crippen molar-refractivity contribution in [2.24, 2.45) is 0 Å². The molecular weight excluding hydrogens is 411 g/mol. The number of alkyl halides is 3. The summed E-state index contributed by atoms with van der Waals surface area (Å²) < 4.78 is 45.1. The van der Waals surface area contributed by atoms with E-state index in [-0.39, 0.29) is 23.8 Å². The molecule has 2 aromatic heterocycles. The van der Waals surface area contributed by atoms with Crippen LogP contribution in [0.4, 0.5) is 24.0 Å². The van der Waals surface area contributed by atoms with Crippen molar-refractivity contribution in [3.63, 3.8) is 0 Å². The van der Waals surface area contributed by atoms with Crippen molar-refractivity contribution in [2.45, 2.75) is 19.2 Å². The second-order valence-electron chi connectivity index (χ2n) is 5.70. The first kappa shape index (κ1) is 20.4. The summed E-state index contributed by atoms with van der Waals surface area (Å²) in [6.07, 6.45) is -2.95. The zero-order chi connectivity index (χ0) is 20.9. The van der Waals surface area contributed by atoms with Crippen molar-refractivity contribution in [1.29, 1.82) is 0 Å². The third-order valence-corrected chi connectivity index (χ3v) is 4.30. The van der Waals surface area contributed by atoms with E-state index >= 15 is 0 Å². The number of hydrogen-bond donors (Lipinski definition) is 2. The number of aromatic nitrogens is 1.